The molecule has 1 aromatic carbocycles. The summed E-state index contributed by atoms with van der Waals surface area (Å²) in [6.45, 7) is 0. The van der Waals surface area contributed by atoms with E-state index >= 15 is 0 Å². The first kappa shape index (κ1) is 12.4. The Morgan fingerprint density at radius 1 is 1.16 bits per heavy atom. The molecule has 0 aliphatic heterocycles. The zero-order valence-corrected chi connectivity index (χ0v) is 11.8. The first-order valence-electron chi connectivity index (χ1n) is 6.08. The lowest BCUT2D eigenvalue weighted by Gasteiger charge is -2.09. The van der Waals surface area contributed by atoms with Crippen molar-refractivity contribution in [1.82, 2.24) is 9.97 Å². The highest BCUT2D eigenvalue weighted by atomic mass is 79.9. The average Bonchev–Trinajstić information content (AvgIpc) is 3.21. The molecule has 0 saturated heterocycles. The minimum Gasteiger partial charge on any atom is -0.366 e. The minimum atomic E-state index is 0.416. The van der Waals surface area contributed by atoms with Crippen molar-refractivity contribution in [1.29, 1.82) is 0 Å². The number of nitrogens with two attached hydrogens (primary N) is 1. The molecule has 98 valence electrons. The van der Waals surface area contributed by atoms with Gasteiger partial charge in [-0.2, -0.15) is 0 Å². The Kier molecular flexibility index (Phi) is 3.35. The van der Waals surface area contributed by atoms with Crippen molar-refractivity contribution in [3.8, 4) is 0 Å². The number of hydrogen-bond donors (Lipinski definition) is 3. The summed E-state index contributed by atoms with van der Waals surface area (Å²) in [5.74, 6) is 7.29. The fourth-order valence-electron chi connectivity index (χ4n) is 2.17. The van der Waals surface area contributed by atoms with Crippen molar-refractivity contribution in [2.75, 3.05) is 10.7 Å². The molecule has 0 radical (unpaired) electrons. The number of aromatic nitrogens is 2. The molecule has 3 rings (SSSR count). The Labute approximate surface area is 119 Å². The smallest absolute Gasteiger partial charge is 0.159 e. The molecule has 0 spiro atoms. The van der Waals surface area contributed by atoms with Crippen molar-refractivity contribution in [2.45, 2.75) is 18.4 Å². The highest BCUT2D eigenvalue weighted by Crippen LogP contribution is 2.43. The molecule has 1 aliphatic rings. The molecule has 5 nitrogen and oxygen atoms in total. The molecule has 1 heterocycles. The van der Waals surface area contributed by atoms with Crippen LogP contribution in [-0.4, -0.2) is 16.0 Å². The summed E-state index contributed by atoms with van der Waals surface area (Å²) in [5, 5.41) is 3.41. The van der Waals surface area contributed by atoms with Gasteiger partial charge in [0.15, 0.2) is 5.82 Å². The summed E-state index contributed by atoms with van der Waals surface area (Å²) >= 11 is 3.44. The van der Waals surface area contributed by atoms with Crippen LogP contribution in [0.2, 0.25) is 0 Å². The summed E-state index contributed by atoms with van der Waals surface area (Å²) in [5.41, 5.74) is 3.90. The monoisotopic (exact) mass is 319 g/mol. The number of hydrazine groups is 1. The molecule has 1 aromatic heterocycles. The largest absolute Gasteiger partial charge is 0.366 e. The van der Waals surface area contributed by atoms with Gasteiger partial charge in [-0.3, -0.25) is 0 Å². The lowest BCUT2D eigenvalue weighted by atomic mass is 10.1. The Morgan fingerprint density at radius 3 is 2.63 bits per heavy atom. The van der Waals surface area contributed by atoms with E-state index in [1.165, 1.54) is 11.9 Å². The third-order valence-electron chi connectivity index (χ3n) is 3.27. The van der Waals surface area contributed by atoms with E-state index in [4.69, 9.17) is 5.84 Å². The van der Waals surface area contributed by atoms with Crippen LogP contribution in [0.4, 0.5) is 11.6 Å². The number of halogens is 1. The molecule has 0 amide bonds. The first-order chi connectivity index (χ1) is 9.29. The molecule has 6 heteroatoms. The molecule has 2 atom stereocenters. The number of hydrogen-bond acceptors (Lipinski definition) is 5. The van der Waals surface area contributed by atoms with Gasteiger partial charge >= 0.3 is 0 Å². The van der Waals surface area contributed by atoms with Crippen LogP contribution in [0.15, 0.2) is 41.1 Å². The van der Waals surface area contributed by atoms with Crippen LogP contribution in [0, 0.1) is 0 Å². The van der Waals surface area contributed by atoms with E-state index in [2.05, 4.69) is 60.9 Å². The molecule has 2 unspecified atom stereocenters. The van der Waals surface area contributed by atoms with E-state index in [0.29, 0.717) is 17.8 Å². The summed E-state index contributed by atoms with van der Waals surface area (Å²) < 4.78 is 0.760. The van der Waals surface area contributed by atoms with Gasteiger partial charge in [0.2, 0.25) is 0 Å². The van der Waals surface area contributed by atoms with Gasteiger partial charge in [0, 0.05) is 12.0 Å². The SMILES string of the molecule is NNc1ncnc(NC2CC2c2ccccc2)c1Br. The second kappa shape index (κ2) is 5.14. The Morgan fingerprint density at radius 2 is 1.89 bits per heavy atom. The minimum absolute atomic E-state index is 0.416. The van der Waals surface area contributed by atoms with Crippen LogP contribution in [0.25, 0.3) is 0 Å². The van der Waals surface area contributed by atoms with Crippen LogP contribution in [0.1, 0.15) is 17.9 Å². The normalized spacial score (nSPS) is 20.9. The number of rotatable bonds is 4. The van der Waals surface area contributed by atoms with Crippen molar-refractivity contribution in [3.63, 3.8) is 0 Å². The van der Waals surface area contributed by atoms with Gasteiger partial charge in [0.1, 0.15) is 16.6 Å². The number of nitrogen functional groups attached to an aromatic ring is 1. The Balaban J connectivity index is 1.71. The van der Waals surface area contributed by atoms with Crippen LogP contribution in [0.5, 0.6) is 0 Å². The van der Waals surface area contributed by atoms with E-state index in [1.54, 1.807) is 0 Å². The number of nitrogens with zero attached hydrogens (tertiary/aromatic N) is 2. The molecule has 4 N–H and O–H groups in total. The average molecular weight is 320 g/mol. The highest BCUT2D eigenvalue weighted by Gasteiger charge is 2.38. The quantitative estimate of drug-likeness (QED) is 0.596. The summed E-state index contributed by atoms with van der Waals surface area (Å²) in [7, 11) is 0. The van der Waals surface area contributed by atoms with Crippen molar-refractivity contribution < 1.29 is 0 Å². The molecular formula is C13H14BrN5. The standard InChI is InChI=1S/C13H14BrN5/c14-11-12(16-7-17-13(11)19-15)18-10-6-9(10)8-4-2-1-3-5-8/h1-5,7,9-10H,6,15H2,(H2,16,17,18,19). The van der Waals surface area contributed by atoms with E-state index in [1.807, 2.05) is 6.07 Å². The number of anilines is 2. The summed E-state index contributed by atoms with van der Waals surface area (Å²) in [6, 6.07) is 10.9. The maximum Gasteiger partial charge on any atom is 0.159 e. The Bertz CT molecular complexity index is 575. The molecule has 19 heavy (non-hydrogen) atoms. The highest BCUT2D eigenvalue weighted by molar-refractivity contribution is 9.10. The van der Waals surface area contributed by atoms with Crippen LogP contribution < -0.4 is 16.6 Å². The third kappa shape index (κ3) is 2.54. The lowest BCUT2D eigenvalue weighted by molar-refractivity contribution is 1.01. The first-order valence-corrected chi connectivity index (χ1v) is 6.87. The Hall–Kier alpha value is -1.66. The van der Waals surface area contributed by atoms with E-state index < -0.39 is 0 Å². The van der Waals surface area contributed by atoms with E-state index in [0.717, 1.165) is 16.7 Å². The van der Waals surface area contributed by atoms with Crippen LogP contribution in [0.3, 0.4) is 0 Å². The maximum atomic E-state index is 5.39. The fraction of sp³-hybridized carbons (Fsp3) is 0.231. The number of nitrogens with one attached hydrogen (secondary N) is 2. The van der Waals surface area contributed by atoms with E-state index in [9.17, 15) is 0 Å². The molecule has 0 bridgehead atoms. The molecule has 1 fully saturated rings. The second-order valence-electron chi connectivity index (χ2n) is 4.53. The zero-order valence-electron chi connectivity index (χ0n) is 10.2. The van der Waals surface area contributed by atoms with Gasteiger partial charge in [-0.05, 0) is 27.9 Å². The van der Waals surface area contributed by atoms with Crippen LogP contribution in [-0.2, 0) is 0 Å². The number of benzene rings is 1. The molecule has 1 aliphatic carbocycles. The van der Waals surface area contributed by atoms with Crippen molar-refractivity contribution >= 4 is 27.6 Å². The lowest BCUT2D eigenvalue weighted by Crippen LogP contribution is -2.12. The van der Waals surface area contributed by atoms with Crippen LogP contribution >= 0.6 is 15.9 Å². The van der Waals surface area contributed by atoms with Crippen molar-refractivity contribution in [3.05, 3.63) is 46.7 Å². The van der Waals surface area contributed by atoms with Gasteiger partial charge in [-0.15, -0.1) is 0 Å². The fourth-order valence-corrected chi connectivity index (χ4v) is 2.60. The van der Waals surface area contributed by atoms with E-state index in [-0.39, 0.29) is 0 Å². The van der Waals surface area contributed by atoms with Gasteiger partial charge in [-0.25, -0.2) is 15.8 Å². The van der Waals surface area contributed by atoms with Gasteiger partial charge in [-0.1, -0.05) is 30.3 Å². The summed E-state index contributed by atoms with van der Waals surface area (Å²) in [6.07, 6.45) is 2.61. The van der Waals surface area contributed by atoms with Crippen molar-refractivity contribution in [2.24, 2.45) is 5.84 Å². The van der Waals surface area contributed by atoms with Gasteiger partial charge in [0.05, 0.1) is 0 Å². The molecule has 2 aromatic rings. The van der Waals surface area contributed by atoms with Gasteiger partial charge < -0.3 is 10.7 Å². The zero-order chi connectivity index (χ0) is 13.2. The second-order valence-corrected chi connectivity index (χ2v) is 5.33. The predicted molar refractivity (Wildman–Crippen MR) is 78.8 cm³/mol. The third-order valence-corrected chi connectivity index (χ3v) is 4.02. The molecule has 1 saturated carbocycles. The predicted octanol–water partition coefficient (Wildman–Crippen LogP) is 2.49. The molecular weight excluding hydrogens is 306 g/mol. The maximum absolute atomic E-state index is 5.39. The van der Waals surface area contributed by atoms with Gasteiger partial charge in [0.25, 0.3) is 0 Å². The topological polar surface area (TPSA) is 75.9 Å². The summed E-state index contributed by atoms with van der Waals surface area (Å²) in [4.78, 5) is 8.26.